The van der Waals surface area contributed by atoms with Crippen molar-refractivity contribution in [2.45, 2.75) is 6.18 Å². The normalized spacial score (nSPS) is 15.0. The summed E-state index contributed by atoms with van der Waals surface area (Å²) in [5, 5.41) is 11.2. The maximum atomic E-state index is 12.6. The summed E-state index contributed by atoms with van der Waals surface area (Å²) in [7, 11) is 0. The Morgan fingerprint density at radius 3 is 2.48 bits per heavy atom. The molecule has 122 valence electrons. The Balaban J connectivity index is 2.29. The van der Waals surface area contributed by atoms with Crippen LogP contribution in [-0.4, -0.2) is 46.9 Å². The topological polar surface area (TPSA) is 86.7 Å². The predicted octanol–water partition coefficient (Wildman–Crippen LogP) is 1.09. The molecular weight excluding hydrogens is 317 g/mol. The first-order valence-corrected chi connectivity index (χ1v) is 6.41. The van der Waals surface area contributed by atoms with Gasteiger partial charge in [0.2, 0.25) is 0 Å². The van der Waals surface area contributed by atoms with Crippen LogP contribution in [0, 0.1) is 0 Å². The number of ketones is 1. The smallest absolute Gasteiger partial charge is 0.395 e. The van der Waals surface area contributed by atoms with Crippen LogP contribution >= 0.6 is 0 Å². The molecule has 0 spiro atoms. The SMILES string of the molecule is O=C1C=C(Nc2ccccc2C(=O)C(F)(F)F)C(=O)N1CCO. The first kappa shape index (κ1) is 16.7. The summed E-state index contributed by atoms with van der Waals surface area (Å²) >= 11 is 0. The Bertz CT molecular complexity index is 698. The second kappa shape index (κ2) is 6.21. The van der Waals surface area contributed by atoms with Crippen LogP contribution in [0.5, 0.6) is 0 Å². The lowest BCUT2D eigenvalue weighted by molar-refractivity contribution is -0.137. The number of anilines is 1. The lowest BCUT2D eigenvalue weighted by atomic mass is 10.1. The number of nitrogens with zero attached hydrogens (tertiary/aromatic N) is 1. The van der Waals surface area contributed by atoms with Gasteiger partial charge in [0.15, 0.2) is 0 Å². The highest BCUT2D eigenvalue weighted by molar-refractivity contribution is 6.18. The van der Waals surface area contributed by atoms with E-state index in [0.29, 0.717) is 0 Å². The lowest BCUT2D eigenvalue weighted by Gasteiger charge is -2.15. The zero-order chi connectivity index (χ0) is 17.2. The molecule has 1 aliphatic heterocycles. The zero-order valence-corrected chi connectivity index (χ0v) is 11.6. The fraction of sp³-hybridized carbons (Fsp3) is 0.214. The van der Waals surface area contributed by atoms with Crippen molar-refractivity contribution >= 4 is 23.3 Å². The lowest BCUT2D eigenvalue weighted by Crippen LogP contribution is -2.34. The number of hydrogen-bond acceptors (Lipinski definition) is 5. The van der Waals surface area contributed by atoms with Crippen LogP contribution < -0.4 is 5.32 Å². The van der Waals surface area contributed by atoms with E-state index in [0.717, 1.165) is 17.0 Å². The van der Waals surface area contributed by atoms with Crippen LogP contribution in [0.3, 0.4) is 0 Å². The van der Waals surface area contributed by atoms with Gasteiger partial charge in [-0.3, -0.25) is 19.3 Å². The van der Waals surface area contributed by atoms with Crippen molar-refractivity contribution in [3.05, 3.63) is 41.6 Å². The van der Waals surface area contributed by atoms with E-state index in [9.17, 15) is 27.6 Å². The Kier molecular flexibility index (Phi) is 4.50. The monoisotopic (exact) mass is 328 g/mol. The third-order valence-electron chi connectivity index (χ3n) is 3.03. The fourth-order valence-corrected chi connectivity index (χ4v) is 2.00. The Labute approximate surface area is 128 Å². The van der Waals surface area contributed by atoms with Gasteiger partial charge in [-0.15, -0.1) is 0 Å². The molecule has 1 aromatic rings. The second-order valence-corrected chi connectivity index (χ2v) is 4.57. The number of aliphatic hydroxyl groups is 1. The zero-order valence-electron chi connectivity index (χ0n) is 11.6. The molecule has 0 aromatic heterocycles. The Hall–Kier alpha value is -2.68. The molecule has 23 heavy (non-hydrogen) atoms. The van der Waals surface area contributed by atoms with Gasteiger partial charge in [-0.1, -0.05) is 12.1 Å². The summed E-state index contributed by atoms with van der Waals surface area (Å²) in [6.07, 6.45) is -4.17. The highest BCUT2D eigenvalue weighted by Gasteiger charge is 2.40. The molecule has 2 rings (SSSR count). The Morgan fingerprint density at radius 2 is 1.87 bits per heavy atom. The van der Waals surface area contributed by atoms with E-state index in [2.05, 4.69) is 5.32 Å². The standard InChI is InChI=1S/C14H11F3N2O4/c15-14(16,17)12(22)8-3-1-2-4-9(8)18-10-7-11(21)19(5-6-20)13(10)23/h1-4,7,18,20H,5-6H2. The number of halogens is 3. The molecule has 2 N–H and O–H groups in total. The minimum absolute atomic E-state index is 0.234. The van der Waals surface area contributed by atoms with Gasteiger partial charge in [0, 0.05) is 11.8 Å². The van der Waals surface area contributed by atoms with Gasteiger partial charge >= 0.3 is 6.18 Å². The van der Waals surface area contributed by atoms with Crippen LogP contribution in [0.15, 0.2) is 36.0 Å². The molecule has 1 heterocycles. The molecule has 0 aliphatic carbocycles. The molecule has 0 unspecified atom stereocenters. The van der Waals surface area contributed by atoms with E-state index in [4.69, 9.17) is 5.11 Å². The molecular formula is C14H11F3N2O4. The first-order valence-electron chi connectivity index (χ1n) is 6.41. The Morgan fingerprint density at radius 1 is 1.22 bits per heavy atom. The van der Waals surface area contributed by atoms with Crippen molar-refractivity contribution in [2.24, 2.45) is 0 Å². The van der Waals surface area contributed by atoms with E-state index in [1.165, 1.54) is 18.2 Å². The summed E-state index contributed by atoms with van der Waals surface area (Å²) < 4.78 is 37.7. The van der Waals surface area contributed by atoms with Gasteiger partial charge in [0.1, 0.15) is 5.70 Å². The summed E-state index contributed by atoms with van der Waals surface area (Å²) in [6.45, 7) is -0.676. The number of aliphatic hydroxyl groups excluding tert-OH is 1. The summed E-state index contributed by atoms with van der Waals surface area (Å²) in [6, 6.07) is 4.78. The maximum absolute atomic E-state index is 12.6. The third kappa shape index (κ3) is 3.39. The number of β-amino-alcohol motifs (C(OH)–C–C–N with tert-alkyl or cyclic N) is 1. The van der Waals surface area contributed by atoms with Crippen LogP contribution in [0.2, 0.25) is 0 Å². The molecule has 1 aromatic carbocycles. The van der Waals surface area contributed by atoms with Crippen molar-refractivity contribution in [1.82, 2.24) is 4.90 Å². The maximum Gasteiger partial charge on any atom is 0.454 e. The van der Waals surface area contributed by atoms with Gasteiger partial charge in [-0.2, -0.15) is 13.2 Å². The highest BCUT2D eigenvalue weighted by Crippen LogP contribution is 2.27. The minimum atomic E-state index is -5.06. The number of para-hydroxylation sites is 1. The largest absolute Gasteiger partial charge is 0.454 e. The second-order valence-electron chi connectivity index (χ2n) is 4.57. The van der Waals surface area contributed by atoms with Gasteiger partial charge in [-0.25, -0.2) is 0 Å². The molecule has 0 fully saturated rings. The molecule has 9 heteroatoms. The first-order chi connectivity index (χ1) is 10.8. The van der Waals surface area contributed by atoms with Gasteiger partial charge in [0.05, 0.1) is 18.7 Å². The van der Waals surface area contributed by atoms with E-state index in [-0.39, 0.29) is 17.9 Å². The average Bonchev–Trinajstić information content (AvgIpc) is 2.74. The summed E-state index contributed by atoms with van der Waals surface area (Å²) in [4.78, 5) is 35.7. The van der Waals surface area contributed by atoms with Crippen molar-refractivity contribution in [1.29, 1.82) is 0 Å². The highest BCUT2D eigenvalue weighted by atomic mass is 19.4. The van der Waals surface area contributed by atoms with Gasteiger partial charge < -0.3 is 10.4 Å². The van der Waals surface area contributed by atoms with Gasteiger partial charge in [0.25, 0.3) is 17.6 Å². The number of nitrogens with one attached hydrogen (secondary N) is 1. The number of hydrogen-bond donors (Lipinski definition) is 2. The van der Waals surface area contributed by atoms with E-state index < -0.39 is 35.9 Å². The molecule has 1 aliphatic rings. The number of amides is 2. The van der Waals surface area contributed by atoms with Gasteiger partial charge in [-0.05, 0) is 12.1 Å². The number of imide groups is 1. The number of carbonyl (C=O) groups excluding carboxylic acids is 3. The van der Waals surface area contributed by atoms with Crippen molar-refractivity contribution in [3.8, 4) is 0 Å². The number of carbonyl (C=O) groups is 3. The molecule has 0 saturated carbocycles. The predicted molar refractivity (Wildman–Crippen MR) is 72.3 cm³/mol. The van der Waals surface area contributed by atoms with Crippen LogP contribution in [0.1, 0.15) is 10.4 Å². The van der Waals surface area contributed by atoms with Crippen LogP contribution in [-0.2, 0) is 9.59 Å². The van der Waals surface area contributed by atoms with E-state index in [1.807, 2.05) is 0 Å². The van der Waals surface area contributed by atoms with Crippen LogP contribution in [0.25, 0.3) is 0 Å². The summed E-state index contributed by atoms with van der Waals surface area (Å²) in [5.41, 5.74) is -1.18. The quantitative estimate of drug-likeness (QED) is 0.624. The fourth-order valence-electron chi connectivity index (χ4n) is 2.00. The average molecular weight is 328 g/mol. The number of Topliss-reactive ketones (excluding diaryl/α,β-unsaturated/α-hetero) is 1. The molecule has 0 bridgehead atoms. The molecule has 0 saturated heterocycles. The molecule has 2 amide bonds. The molecule has 0 radical (unpaired) electrons. The summed E-state index contributed by atoms with van der Waals surface area (Å²) in [5.74, 6) is -3.56. The third-order valence-corrected chi connectivity index (χ3v) is 3.03. The molecule has 0 atom stereocenters. The van der Waals surface area contributed by atoms with Crippen molar-refractivity contribution in [3.63, 3.8) is 0 Å². The molecule has 6 nitrogen and oxygen atoms in total. The number of alkyl halides is 3. The number of benzene rings is 1. The van der Waals surface area contributed by atoms with E-state index >= 15 is 0 Å². The number of rotatable bonds is 5. The minimum Gasteiger partial charge on any atom is -0.395 e. The van der Waals surface area contributed by atoms with Crippen molar-refractivity contribution in [2.75, 3.05) is 18.5 Å². The van der Waals surface area contributed by atoms with E-state index in [1.54, 1.807) is 0 Å². The van der Waals surface area contributed by atoms with Crippen molar-refractivity contribution < 1.29 is 32.7 Å². The van der Waals surface area contributed by atoms with Crippen LogP contribution in [0.4, 0.5) is 18.9 Å².